The lowest BCUT2D eigenvalue weighted by atomic mass is 9.97. The van der Waals surface area contributed by atoms with Crippen LogP contribution in [0.15, 0.2) is 89.8 Å². The number of rotatable bonds is 12. The van der Waals surface area contributed by atoms with Crippen LogP contribution in [-0.4, -0.2) is 43.1 Å². The van der Waals surface area contributed by atoms with Gasteiger partial charge in [0.25, 0.3) is 5.92 Å². The van der Waals surface area contributed by atoms with Crippen LogP contribution in [0.2, 0.25) is 0 Å². The number of benzene rings is 4. The number of hydrogen-bond donors (Lipinski definition) is 2. The van der Waals surface area contributed by atoms with Crippen molar-refractivity contribution in [3.8, 4) is 16.9 Å². The summed E-state index contributed by atoms with van der Waals surface area (Å²) in [7, 11) is 1.54. The number of fused-ring (bicyclic) bond motifs is 1. The second-order valence-electron chi connectivity index (χ2n) is 11.3. The monoisotopic (exact) mass is 603 g/mol. The highest BCUT2D eigenvalue weighted by molar-refractivity contribution is 7.97. The van der Waals surface area contributed by atoms with Crippen LogP contribution < -0.4 is 15.2 Å². The van der Waals surface area contributed by atoms with Crippen LogP contribution >= 0.6 is 11.9 Å². The van der Waals surface area contributed by atoms with Crippen LogP contribution in [0, 0.1) is 6.92 Å². The molecule has 3 N–H and O–H groups in total. The molecule has 4 aromatic rings. The molecule has 8 heteroatoms. The van der Waals surface area contributed by atoms with Crippen molar-refractivity contribution in [2.45, 2.75) is 62.0 Å². The Labute approximate surface area is 256 Å². The summed E-state index contributed by atoms with van der Waals surface area (Å²) in [6.45, 7) is 2.66. The molecule has 43 heavy (non-hydrogen) atoms. The maximum Gasteiger partial charge on any atom is 0.298 e. The summed E-state index contributed by atoms with van der Waals surface area (Å²) in [5.74, 6) is -3.32. The summed E-state index contributed by atoms with van der Waals surface area (Å²) >= 11 is 1.03. The van der Waals surface area contributed by atoms with Gasteiger partial charge in [-0.15, -0.1) is 0 Å². The number of alkyl halides is 2. The molecule has 1 fully saturated rings. The fraction of sp³-hybridized carbons (Fsp3) is 0.343. The molecule has 0 spiro atoms. The van der Waals surface area contributed by atoms with Crippen LogP contribution in [0.5, 0.6) is 5.75 Å². The highest BCUT2D eigenvalue weighted by atomic mass is 32.2. The molecular weight excluding hydrogens is 564 g/mol. The van der Waals surface area contributed by atoms with E-state index < -0.39 is 17.9 Å². The van der Waals surface area contributed by atoms with Gasteiger partial charge in [0.1, 0.15) is 5.75 Å². The number of amides is 1. The highest BCUT2D eigenvalue weighted by Gasteiger charge is 2.47. The minimum Gasteiger partial charge on any atom is -0.490 e. The number of nitrogens with zero attached hydrogens (tertiary/aromatic N) is 1. The van der Waals surface area contributed by atoms with Crippen LogP contribution in [0.25, 0.3) is 21.9 Å². The van der Waals surface area contributed by atoms with Gasteiger partial charge in [-0.1, -0.05) is 66.2 Å². The number of carbonyl (C=O) groups is 1. The number of halogens is 2. The van der Waals surface area contributed by atoms with Crippen molar-refractivity contribution < 1.29 is 18.3 Å². The molecule has 1 atom stereocenters. The topological polar surface area (TPSA) is 67.6 Å². The van der Waals surface area contributed by atoms with Gasteiger partial charge in [-0.05, 0) is 104 Å². The van der Waals surface area contributed by atoms with Crippen LogP contribution in [0.1, 0.15) is 43.2 Å². The standard InChI is InChI=1S/C35H39F2N3O2S/c1-24-8-10-25(11-9-24)26-12-16-29(17-13-26)35(36,37)33(34(41)40(2)21-5-20-38)39-43-32-19-15-27-22-31(18-14-28(27)23-32)42-30-6-3-4-7-30/h8-19,22-23,30,33,39H,3-7,20-21,38H2,1-2H3. The molecule has 4 aromatic carbocycles. The number of likely N-dealkylation sites (N-methyl/N-ethyl adjacent to an activating group) is 1. The zero-order chi connectivity index (χ0) is 30.4. The summed E-state index contributed by atoms with van der Waals surface area (Å²) in [5.41, 5.74) is 8.29. The number of nitrogens with two attached hydrogens (primary N) is 1. The van der Waals surface area contributed by atoms with E-state index in [9.17, 15) is 4.79 Å². The van der Waals surface area contributed by atoms with Crippen molar-refractivity contribution in [2.75, 3.05) is 20.1 Å². The maximum atomic E-state index is 16.1. The molecule has 0 saturated heterocycles. The average Bonchev–Trinajstić information content (AvgIpc) is 3.53. The molecule has 1 amide bonds. The smallest absolute Gasteiger partial charge is 0.298 e. The molecule has 0 heterocycles. The van der Waals surface area contributed by atoms with E-state index in [1.165, 1.54) is 36.9 Å². The number of hydrogen-bond acceptors (Lipinski definition) is 5. The molecule has 0 aliphatic heterocycles. The number of ether oxygens (including phenoxy) is 1. The predicted molar refractivity (Wildman–Crippen MR) is 171 cm³/mol. The molecule has 0 bridgehead atoms. The van der Waals surface area contributed by atoms with Gasteiger partial charge < -0.3 is 15.4 Å². The molecule has 1 saturated carbocycles. The van der Waals surface area contributed by atoms with Crippen LogP contribution in [-0.2, 0) is 10.7 Å². The van der Waals surface area contributed by atoms with Crippen molar-refractivity contribution in [2.24, 2.45) is 5.73 Å². The Bertz CT molecular complexity index is 1520. The minimum atomic E-state index is -3.48. The van der Waals surface area contributed by atoms with E-state index in [2.05, 4.69) is 4.72 Å². The van der Waals surface area contributed by atoms with E-state index in [0.29, 0.717) is 19.5 Å². The SMILES string of the molecule is Cc1ccc(-c2ccc(C(F)(F)C(NSc3ccc4cc(OC5CCCC5)ccc4c3)C(=O)N(C)CCCN)cc2)cc1. The Morgan fingerprint density at radius 1 is 0.977 bits per heavy atom. The first kappa shape index (κ1) is 31.0. The van der Waals surface area contributed by atoms with E-state index in [1.54, 1.807) is 12.1 Å². The third-order valence-electron chi connectivity index (χ3n) is 8.02. The zero-order valence-corrected chi connectivity index (χ0v) is 25.5. The number of aryl methyl sites for hydroxylation is 1. The largest absolute Gasteiger partial charge is 0.490 e. The van der Waals surface area contributed by atoms with Crippen molar-refractivity contribution in [1.29, 1.82) is 0 Å². The van der Waals surface area contributed by atoms with E-state index in [4.69, 9.17) is 10.5 Å². The second kappa shape index (κ2) is 13.9. The highest BCUT2D eigenvalue weighted by Crippen LogP contribution is 2.36. The van der Waals surface area contributed by atoms with Gasteiger partial charge in [-0.25, -0.2) is 4.72 Å². The quantitative estimate of drug-likeness (QED) is 0.163. The fourth-order valence-corrected chi connectivity index (χ4v) is 6.23. The van der Waals surface area contributed by atoms with Crippen molar-refractivity contribution in [3.05, 3.63) is 96.1 Å². The van der Waals surface area contributed by atoms with Gasteiger partial charge in [0.05, 0.1) is 6.10 Å². The first-order valence-corrected chi connectivity index (χ1v) is 15.7. The molecule has 226 valence electrons. The van der Waals surface area contributed by atoms with Gasteiger partial charge in [0.15, 0.2) is 6.04 Å². The average molecular weight is 604 g/mol. The summed E-state index contributed by atoms with van der Waals surface area (Å²) in [5, 5.41) is 1.97. The molecule has 0 radical (unpaired) electrons. The Morgan fingerprint density at radius 2 is 1.60 bits per heavy atom. The Hall–Kier alpha value is -3.46. The van der Waals surface area contributed by atoms with Crippen molar-refractivity contribution in [1.82, 2.24) is 9.62 Å². The lowest BCUT2D eigenvalue weighted by molar-refractivity contribution is -0.142. The van der Waals surface area contributed by atoms with E-state index >= 15 is 8.78 Å². The third-order valence-corrected chi connectivity index (χ3v) is 8.86. The molecular formula is C35H39F2N3O2S. The Morgan fingerprint density at radius 3 is 2.28 bits per heavy atom. The predicted octanol–water partition coefficient (Wildman–Crippen LogP) is 7.70. The zero-order valence-electron chi connectivity index (χ0n) is 24.7. The molecule has 5 nitrogen and oxygen atoms in total. The normalized spacial score (nSPS) is 14.6. The maximum absolute atomic E-state index is 16.1. The second-order valence-corrected chi connectivity index (χ2v) is 12.2. The number of nitrogens with one attached hydrogen (secondary N) is 1. The summed E-state index contributed by atoms with van der Waals surface area (Å²) in [6, 6.07) is 24.0. The van der Waals surface area contributed by atoms with Gasteiger partial charge in [-0.3, -0.25) is 4.79 Å². The molecule has 1 aliphatic rings. The molecule has 5 rings (SSSR count). The summed E-state index contributed by atoms with van der Waals surface area (Å²) in [4.78, 5) is 15.5. The van der Waals surface area contributed by atoms with Gasteiger partial charge in [-0.2, -0.15) is 8.78 Å². The summed E-state index contributed by atoms with van der Waals surface area (Å²) in [6.07, 6.45) is 5.38. The molecule has 1 aliphatic carbocycles. The fourth-order valence-electron chi connectivity index (χ4n) is 5.40. The van der Waals surface area contributed by atoms with Gasteiger partial charge in [0, 0.05) is 24.1 Å². The summed E-state index contributed by atoms with van der Waals surface area (Å²) < 4.78 is 41.3. The van der Waals surface area contributed by atoms with E-state index in [-0.39, 0.29) is 11.7 Å². The minimum absolute atomic E-state index is 0.227. The molecule has 1 unspecified atom stereocenters. The van der Waals surface area contributed by atoms with Crippen LogP contribution in [0.4, 0.5) is 8.78 Å². The Kier molecular flexibility index (Phi) is 10.0. The van der Waals surface area contributed by atoms with Crippen molar-refractivity contribution in [3.63, 3.8) is 0 Å². The van der Waals surface area contributed by atoms with Gasteiger partial charge >= 0.3 is 0 Å². The van der Waals surface area contributed by atoms with Gasteiger partial charge in [0.2, 0.25) is 5.91 Å². The van der Waals surface area contributed by atoms with E-state index in [0.717, 1.165) is 62.9 Å². The lowest BCUT2D eigenvalue weighted by Crippen LogP contribution is -2.52. The lowest BCUT2D eigenvalue weighted by Gasteiger charge is -2.30. The first-order chi connectivity index (χ1) is 20.7. The van der Waals surface area contributed by atoms with Crippen LogP contribution in [0.3, 0.4) is 0 Å². The Balaban J connectivity index is 1.35. The van der Waals surface area contributed by atoms with Crippen molar-refractivity contribution >= 4 is 28.6 Å². The third kappa shape index (κ3) is 7.55. The number of carbonyl (C=O) groups excluding carboxylic acids is 1. The molecule has 0 aromatic heterocycles. The van der Waals surface area contributed by atoms with E-state index in [1.807, 2.05) is 67.6 Å². The first-order valence-electron chi connectivity index (χ1n) is 14.9.